The van der Waals surface area contributed by atoms with E-state index in [4.69, 9.17) is 0 Å². The van der Waals surface area contributed by atoms with Gasteiger partial charge in [-0.05, 0) is 56.7 Å². The van der Waals surface area contributed by atoms with E-state index in [9.17, 15) is 13.2 Å². The first-order valence-electron chi connectivity index (χ1n) is 6.59. The van der Waals surface area contributed by atoms with Crippen molar-refractivity contribution in [2.24, 2.45) is 0 Å². The van der Waals surface area contributed by atoms with Crippen LogP contribution in [0.4, 0.5) is 0 Å². The number of carbonyl (C=O) groups is 1. The van der Waals surface area contributed by atoms with Crippen molar-refractivity contribution in [1.82, 2.24) is 0 Å². The Kier molecular flexibility index (Phi) is 3.56. The zero-order valence-electron chi connectivity index (χ0n) is 11.7. The number of benzene rings is 1. The molecule has 0 aliphatic heterocycles. The van der Waals surface area contributed by atoms with Crippen LogP contribution in [0.2, 0.25) is 0 Å². The molecule has 1 aromatic rings. The average Bonchev–Trinajstić information content (AvgIpc) is 2.36. The lowest BCUT2D eigenvalue weighted by Gasteiger charge is -2.22. The summed E-state index contributed by atoms with van der Waals surface area (Å²) in [5.41, 5.74) is 3.00. The first kappa shape index (κ1) is 14.3. The Morgan fingerprint density at radius 2 is 1.68 bits per heavy atom. The van der Waals surface area contributed by atoms with Crippen LogP contribution in [0, 0.1) is 0 Å². The normalized spacial score (nSPS) is 15.9. The van der Waals surface area contributed by atoms with Crippen LogP contribution in [0.15, 0.2) is 18.2 Å². The molecule has 0 saturated heterocycles. The summed E-state index contributed by atoms with van der Waals surface area (Å²) in [4.78, 5) is 12.4. The molecule has 0 N–H and O–H groups in total. The Labute approximate surface area is 114 Å². The maximum Gasteiger partial charge on any atom is 0.183 e. The first-order valence-corrected chi connectivity index (χ1v) is 8.49. The summed E-state index contributed by atoms with van der Waals surface area (Å²) in [6, 6.07) is 5.61. The minimum absolute atomic E-state index is 0.316. The Bertz CT molecular complexity index is 612. The lowest BCUT2D eigenvalue weighted by atomic mass is 9.88. The number of ketones is 1. The second-order valence-electron chi connectivity index (χ2n) is 5.80. The molecule has 19 heavy (non-hydrogen) atoms. The van der Waals surface area contributed by atoms with Gasteiger partial charge in [0.25, 0.3) is 0 Å². The van der Waals surface area contributed by atoms with Gasteiger partial charge < -0.3 is 0 Å². The predicted octanol–water partition coefficient (Wildman–Crippen LogP) is 2.57. The van der Waals surface area contributed by atoms with E-state index < -0.39 is 14.6 Å². The second-order valence-corrected chi connectivity index (χ2v) is 8.37. The maximum absolute atomic E-state index is 12.4. The summed E-state index contributed by atoms with van der Waals surface area (Å²) in [6.07, 6.45) is 5.48. The third-order valence-corrected chi connectivity index (χ3v) is 6.12. The van der Waals surface area contributed by atoms with Gasteiger partial charge in [-0.25, -0.2) is 8.42 Å². The summed E-state index contributed by atoms with van der Waals surface area (Å²) in [5.74, 6) is -0.316. The minimum atomic E-state index is -3.42. The van der Waals surface area contributed by atoms with Gasteiger partial charge in [0, 0.05) is 11.8 Å². The number of sulfone groups is 1. The number of Topliss-reactive ketones (excluding diaryl/α,β-unsaturated/α-hetero) is 1. The highest BCUT2D eigenvalue weighted by molar-refractivity contribution is 7.92. The fourth-order valence-electron chi connectivity index (χ4n) is 2.39. The number of hydrogen-bond acceptors (Lipinski definition) is 3. The van der Waals surface area contributed by atoms with Gasteiger partial charge in [0.15, 0.2) is 15.6 Å². The van der Waals surface area contributed by atoms with E-state index in [-0.39, 0.29) is 5.78 Å². The highest BCUT2D eigenvalue weighted by atomic mass is 32.2. The zero-order chi connectivity index (χ0) is 14.3. The van der Waals surface area contributed by atoms with Crippen molar-refractivity contribution < 1.29 is 13.2 Å². The van der Waals surface area contributed by atoms with Crippen molar-refractivity contribution in [1.29, 1.82) is 0 Å². The quantitative estimate of drug-likeness (QED) is 0.800. The Hall–Kier alpha value is -1.16. The van der Waals surface area contributed by atoms with E-state index in [1.54, 1.807) is 6.07 Å². The van der Waals surface area contributed by atoms with Crippen LogP contribution in [0.1, 0.15) is 48.2 Å². The number of fused-ring (bicyclic) bond motifs is 1. The topological polar surface area (TPSA) is 51.2 Å². The minimum Gasteiger partial charge on any atom is -0.292 e. The van der Waals surface area contributed by atoms with Gasteiger partial charge in [0.2, 0.25) is 0 Å². The first-order chi connectivity index (χ1) is 8.73. The standard InChI is InChI=1S/C15H20O3S/c1-15(2,19(3,17)18)14(16)13-9-8-11-6-4-5-7-12(11)10-13/h8-10H,4-7H2,1-3H3. The Morgan fingerprint density at radius 1 is 1.11 bits per heavy atom. The van der Waals surface area contributed by atoms with E-state index in [2.05, 4.69) is 0 Å². The fraction of sp³-hybridized carbons (Fsp3) is 0.533. The molecule has 0 radical (unpaired) electrons. The monoisotopic (exact) mass is 280 g/mol. The van der Waals surface area contributed by atoms with Gasteiger partial charge in [-0.1, -0.05) is 12.1 Å². The van der Waals surface area contributed by atoms with Crippen LogP contribution in [-0.4, -0.2) is 25.2 Å². The van der Waals surface area contributed by atoms with Crippen LogP contribution >= 0.6 is 0 Å². The summed E-state index contributed by atoms with van der Waals surface area (Å²) in [5, 5.41) is 0. The van der Waals surface area contributed by atoms with E-state index >= 15 is 0 Å². The Morgan fingerprint density at radius 3 is 2.26 bits per heavy atom. The molecule has 0 atom stereocenters. The van der Waals surface area contributed by atoms with Crippen molar-refractivity contribution in [3.05, 3.63) is 34.9 Å². The smallest absolute Gasteiger partial charge is 0.183 e. The van der Waals surface area contributed by atoms with Gasteiger partial charge in [-0.15, -0.1) is 0 Å². The van der Waals surface area contributed by atoms with Gasteiger partial charge in [0.05, 0.1) is 0 Å². The lowest BCUT2D eigenvalue weighted by molar-refractivity contribution is 0.0954. The molecule has 0 fully saturated rings. The van der Waals surface area contributed by atoms with Gasteiger partial charge in [-0.2, -0.15) is 0 Å². The molecule has 0 bridgehead atoms. The number of hydrogen-bond donors (Lipinski definition) is 0. The third kappa shape index (κ3) is 2.59. The molecule has 2 rings (SSSR count). The van der Waals surface area contributed by atoms with Crippen LogP contribution in [-0.2, 0) is 22.7 Å². The highest BCUT2D eigenvalue weighted by Gasteiger charge is 2.38. The largest absolute Gasteiger partial charge is 0.292 e. The molecular formula is C15H20O3S. The van der Waals surface area contributed by atoms with E-state index in [0.29, 0.717) is 5.56 Å². The molecule has 4 heteroatoms. The highest BCUT2D eigenvalue weighted by Crippen LogP contribution is 2.26. The van der Waals surface area contributed by atoms with Crippen LogP contribution in [0.25, 0.3) is 0 Å². The molecule has 1 aliphatic rings. The molecule has 0 amide bonds. The number of rotatable bonds is 3. The molecule has 0 unspecified atom stereocenters. The van der Waals surface area contributed by atoms with E-state index in [1.165, 1.54) is 31.4 Å². The predicted molar refractivity (Wildman–Crippen MR) is 76.3 cm³/mol. The zero-order valence-corrected chi connectivity index (χ0v) is 12.5. The molecule has 1 aromatic carbocycles. The third-order valence-electron chi connectivity index (χ3n) is 4.08. The van der Waals surface area contributed by atoms with Crippen LogP contribution < -0.4 is 0 Å². The second kappa shape index (κ2) is 4.75. The SMILES string of the molecule is CC(C)(C(=O)c1ccc2c(c1)CCCC2)S(C)(=O)=O. The van der Waals surface area contributed by atoms with Gasteiger partial charge in [0.1, 0.15) is 4.75 Å². The van der Waals surface area contributed by atoms with Crippen LogP contribution in [0.5, 0.6) is 0 Å². The molecule has 3 nitrogen and oxygen atoms in total. The van der Waals surface area contributed by atoms with Crippen molar-refractivity contribution in [2.75, 3.05) is 6.26 Å². The maximum atomic E-state index is 12.4. The number of carbonyl (C=O) groups excluding carboxylic acids is 1. The summed E-state index contributed by atoms with van der Waals surface area (Å²) >= 11 is 0. The average molecular weight is 280 g/mol. The van der Waals surface area contributed by atoms with Crippen molar-refractivity contribution in [3.63, 3.8) is 0 Å². The molecule has 104 valence electrons. The molecule has 0 spiro atoms. The summed E-state index contributed by atoms with van der Waals surface area (Å²) in [7, 11) is -3.42. The van der Waals surface area contributed by atoms with Crippen molar-refractivity contribution in [3.8, 4) is 0 Å². The van der Waals surface area contributed by atoms with E-state index in [1.807, 2.05) is 12.1 Å². The molecular weight excluding hydrogens is 260 g/mol. The van der Waals surface area contributed by atoms with Crippen LogP contribution in [0.3, 0.4) is 0 Å². The fourth-order valence-corrected chi connectivity index (χ4v) is 2.85. The lowest BCUT2D eigenvalue weighted by Crippen LogP contribution is -2.40. The molecule has 1 aliphatic carbocycles. The summed E-state index contributed by atoms with van der Waals surface area (Å²) < 4.78 is 22.1. The molecule has 0 aromatic heterocycles. The molecule has 0 saturated carbocycles. The molecule has 0 heterocycles. The Balaban J connectivity index is 2.40. The number of aryl methyl sites for hydroxylation is 2. The van der Waals surface area contributed by atoms with Crippen molar-refractivity contribution in [2.45, 2.75) is 44.3 Å². The van der Waals surface area contributed by atoms with Crippen molar-refractivity contribution >= 4 is 15.6 Å². The van der Waals surface area contributed by atoms with Gasteiger partial charge >= 0.3 is 0 Å². The van der Waals surface area contributed by atoms with Gasteiger partial charge in [-0.3, -0.25) is 4.79 Å². The summed E-state index contributed by atoms with van der Waals surface area (Å²) in [6.45, 7) is 2.95. The van der Waals surface area contributed by atoms with E-state index in [0.717, 1.165) is 25.5 Å².